The molecule has 0 saturated carbocycles. The molecule has 1 aliphatic rings. The second-order valence-electron chi connectivity index (χ2n) is 7.72. The van der Waals surface area contributed by atoms with Crippen LogP contribution in [-0.4, -0.2) is 73.3 Å². The number of carbonyl (C=O) groups excluding carboxylic acids is 1. The fourth-order valence-corrected chi connectivity index (χ4v) is 3.96. The predicted molar refractivity (Wildman–Crippen MR) is 125 cm³/mol. The first-order valence-corrected chi connectivity index (χ1v) is 11.1. The Morgan fingerprint density at radius 3 is 2.78 bits per heavy atom. The van der Waals surface area contributed by atoms with E-state index in [1.54, 1.807) is 31.6 Å². The molecule has 1 saturated heterocycles. The summed E-state index contributed by atoms with van der Waals surface area (Å²) in [4.78, 5) is 23.6. The minimum Gasteiger partial charge on any atom is -0.496 e. The maximum atomic E-state index is 12.9. The smallest absolute Gasteiger partial charge is 0.255 e. The summed E-state index contributed by atoms with van der Waals surface area (Å²) in [5.41, 5.74) is 6.55. The molecular formula is C22H31ClN6O3. The Morgan fingerprint density at radius 1 is 1.28 bits per heavy atom. The van der Waals surface area contributed by atoms with Gasteiger partial charge in [-0.15, -0.1) is 0 Å². The largest absolute Gasteiger partial charge is 0.496 e. The van der Waals surface area contributed by atoms with E-state index in [1.807, 2.05) is 0 Å². The second-order valence-corrected chi connectivity index (χ2v) is 8.13. The highest BCUT2D eigenvalue weighted by Crippen LogP contribution is 2.29. The Labute approximate surface area is 193 Å². The number of likely N-dealkylation sites (tertiary alicyclic amines) is 1. The first-order valence-electron chi connectivity index (χ1n) is 10.7. The lowest BCUT2D eigenvalue weighted by molar-refractivity contribution is 0.00606. The van der Waals surface area contributed by atoms with Gasteiger partial charge in [-0.1, -0.05) is 11.6 Å². The molecule has 2 atom stereocenters. The van der Waals surface area contributed by atoms with Crippen LogP contribution in [0.5, 0.6) is 5.75 Å². The van der Waals surface area contributed by atoms with Crippen molar-refractivity contribution >= 4 is 29.1 Å². The van der Waals surface area contributed by atoms with Gasteiger partial charge in [-0.2, -0.15) is 0 Å². The van der Waals surface area contributed by atoms with Crippen molar-refractivity contribution in [2.75, 3.05) is 51.4 Å². The molecule has 2 aromatic rings. The zero-order valence-corrected chi connectivity index (χ0v) is 19.3. The molecule has 1 amide bonds. The van der Waals surface area contributed by atoms with Gasteiger partial charge in [0.05, 0.1) is 35.5 Å². The standard InChI is InChI=1S/C22H31ClN6O3/c1-31-19-13-17(24)16(23)12-15(19)21(30)28-18-6-11-29(14-20(18)32-2)10-4-3-7-25-22-26-8-5-9-27-22/h5,8-9,12-13,18,20H,3-4,6-7,10-11,14,24H2,1-2H3,(H,28,30)(H,25,26,27). The van der Waals surface area contributed by atoms with Crippen molar-refractivity contribution in [2.45, 2.75) is 31.4 Å². The van der Waals surface area contributed by atoms with Crippen molar-refractivity contribution in [3.63, 3.8) is 0 Å². The van der Waals surface area contributed by atoms with Gasteiger partial charge >= 0.3 is 0 Å². The topological polar surface area (TPSA) is 115 Å². The molecule has 32 heavy (non-hydrogen) atoms. The van der Waals surface area contributed by atoms with Crippen molar-refractivity contribution < 1.29 is 14.3 Å². The molecule has 1 aromatic heterocycles. The third kappa shape index (κ3) is 6.44. The molecule has 2 heterocycles. The summed E-state index contributed by atoms with van der Waals surface area (Å²) in [6.45, 7) is 3.45. The van der Waals surface area contributed by atoms with Gasteiger partial charge in [-0.3, -0.25) is 4.79 Å². The summed E-state index contributed by atoms with van der Waals surface area (Å²) in [5.74, 6) is 0.797. The lowest BCUT2D eigenvalue weighted by Crippen LogP contribution is -2.54. The number of halogens is 1. The van der Waals surface area contributed by atoms with Gasteiger partial charge in [-0.05, 0) is 37.9 Å². The van der Waals surface area contributed by atoms with Crippen molar-refractivity contribution in [3.8, 4) is 5.75 Å². The number of nitrogens with one attached hydrogen (secondary N) is 2. The summed E-state index contributed by atoms with van der Waals surface area (Å²) in [5, 5.41) is 6.62. The Hall–Kier alpha value is -2.62. The van der Waals surface area contributed by atoms with Gasteiger partial charge in [0.2, 0.25) is 5.95 Å². The minimum absolute atomic E-state index is 0.0957. The van der Waals surface area contributed by atoms with Gasteiger partial charge in [-0.25, -0.2) is 9.97 Å². The molecule has 1 fully saturated rings. The number of nitrogens with two attached hydrogens (primary N) is 1. The molecule has 4 N–H and O–H groups in total. The summed E-state index contributed by atoms with van der Waals surface area (Å²) in [6.07, 6.45) is 6.21. The zero-order chi connectivity index (χ0) is 22.9. The van der Waals surface area contributed by atoms with E-state index in [0.717, 1.165) is 45.4 Å². The van der Waals surface area contributed by atoms with Crippen molar-refractivity contribution in [3.05, 3.63) is 41.2 Å². The van der Waals surface area contributed by atoms with E-state index in [2.05, 4.69) is 25.5 Å². The number of benzene rings is 1. The molecule has 0 spiro atoms. The number of piperidine rings is 1. The summed E-state index contributed by atoms with van der Waals surface area (Å²) in [6, 6.07) is 4.80. The summed E-state index contributed by atoms with van der Waals surface area (Å²) < 4.78 is 11.0. The van der Waals surface area contributed by atoms with Crippen LogP contribution in [0, 0.1) is 0 Å². The number of nitrogens with zero attached hydrogens (tertiary/aromatic N) is 3. The Balaban J connectivity index is 1.46. The van der Waals surface area contributed by atoms with E-state index >= 15 is 0 Å². The van der Waals surface area contributed by atoms with Crippen LogP contribution in [0.15, 0.2) is 30.6 Å². The number of unbranched alkanes of at least 4 members (excludes halogenated alkanes) is 1. The maximum absolute atomic E-state index is 12.9. The highest BCUT2D eigenvalue weighted by molar-refractivity contribution is 6.33. The zero-order valence-electron chi connectivity index (χ0n) is 18.5. The number of hydrogen-bond donors (Lipinski definition) is 3. The van der Waals surface area contributed by atoms with Gasteiger partial charge in [0.15, 0.2) is 0 Å². The number of ether oxygens (including phenoxy) is 2. The number of amides is 1. The lowest BCUT2D eigenvalue weighted by Gasteiger charge is -2.38. The number of rotatable bonds is 10. The molecule has 1 aliphatic heterocycles. The lowest BCUT2D eigenvalue weighted by atomic mass is 10.0. The number of carbonyl (C=O) groups is 1. The SMILES string of the molecule is COc1cc(N)c(Cl)cc1C(=O)NC1CCN(CCCCNc2ncccn2)CC1OC. The number of hydrogen-bond acceptors (Lipinski definition) is 8. The molecule has 174 valence electrons. The molecular weight excluding hydrogens is 432 g/mol. The van der Waals surface area contributed by atoms with Gasteiger partial charge in [0.1, 0.15) is 5.75 Å². The van der Waals surface area contributed by atoms with Crippen LogP contribution in [0.25, 0.3) is 0 Å². The Kier molecular flexibility index (Phi) is 8.90. The van der Waals surface area contributed by atoms with Crippen molar-refractivity contribution in [2.24, 2.45) is 0 Å². The van der Waals surface area contributed by atoms with Gasteiger partial charge in [0.25, 0.3) is 5.91 Å². The van der Waals surface area contributed by atoms with Crippen LogP contribution >= 0.6 is 11.6 Å². The average Bonchev–Trinajstić information content (AvgIpc) is 2.81. The van der Waals surface area contributed by atoms with Gasteiger partial charge < -0.3 is 30.7 Å². The Morgan fingerprint density at radius 2 is 2.06 bits per heavy atom. The normalized spacial score (nSPS) is 18.8. The summed E-state index contributed by atoms with van der Waals surface area (Å²) in [7, 11) is 3.18. The molecule has 3 rings (SSSR count). The van der Waals surface area contributed by atoms with Crippen LogP contribution in [0.2, 0.25) is 5.02 Å². The third-order valence-corrected chi connectivity index (χ3v) is 5.90. The van der Waals surface area contributed by atoms with Crippen molar-refractivity contribution in [1.29, 1.82) is 0 Å². The summed E-state index contributed by atoms with van der Waals surface area (Å²) >= 11 is 6.11. The van der Waals surface area contributed by atoms with Crippen LogP contribution < -0.4 is 21.1 Å². The monoisotopic (exact) mass is 462 g/mol. The quantitative estimate of drug-likeness (QED) is 0.364. The fourth-order valence-electron chi connectivity index (χ4n) is 3.80. The first kappa shape index (κ1) is 24.0. The maximum Gasteiger partial charge on any atom is 0.255 e. The van der Waals surface area contributed by atoms with E-state index < -0.39 is 0 Å². The molecule has 10 heteroatoms. The van der Waals surface area contributed by atoms with E-state index in [-0.39, 0.29) is 18.1 Å². The highest BCUT2D eigenvalue weighted by atomic mass is 35.5. The molecule has 9 nitrogen and oxygen atoms in total. The van der Waals surface area contributed by atoms with Crippen LogP contribution in [-0.2, 0) is 4.74 Å². The van der Waals surface area contributed by atoms with E-state index in [1.165, 1.54) is 13.2 Å². The molecule has 0 aliphatic carbocycles. The van der Waals surface area contributed by atoms with E-state index in [0.29, 0.717) is 28.0 Å². The van der Waals surface area contributed by atoms with Crippen LogP contribution in [0.3, 0.4) is 0 Å². The molecule has 0 radical (unpaired) electrons. The number of methoxy groups -OCH3 is 2. The molecule has 2 unspecified atom stereocenters. The van der Waals surface area contributed by atoms with E-state index in [4.69, 9.17) is 26.8 Å². The molecule has 0 bridgehead atoms. The van der Waals surface area contributed by atoms with Crippen LogP contribution in [0.4, 0.5) is 11.6 Å². The van der Waals surface area contributed by atoms with Crippen LogP contribution in [0.1, 0.15) is 29.6 Å². The second kappa shape index (κ2) is 11.8. The minimum atomic E-state index is -0.251. The Bertz CT molecular complexity index is 885. The van der Waals surface area contributed by atoms with Crippen molar-refractivity contribution in [1.82, 2.24) is 20.2 Å². The predicted octanol–water partition coefficient (Wildman–Crippen LogP) is 2.43. The first-order chi connectivity index (χ1) is 15.5. The average molecular weight is 463 g/mol. The number of nitrogen functional groups attached to an aromatic ring is 1. The molecule has 1 aromatic carbocycles. The highest BCUT2D eigenvalue weighted by Gasteiger charge is 2.31. The van der Waals surface area contributed by atoms with Gasteiger partial charge in [0, 0.05) is 45.2 Å². The van der Waals surface area contributed by atoms with E-state index in [9.17, 15) is 4.79 Å². The fraction of sp³-hybridized carbons (Fsp3) is 0.500. The number of anilines is 2. The number of aromatic nitrogens is 2. The third-order valence-electron chi connectivity index (χ3n) is 5.58.